The number of benzene rings is 2. The first-order valence-corrected chi connectivity index (χ1v) is 10.7. The van der Waals surface area contributed by atoms with Gasteiger partial charge in [-0.05, 0) is 79.8 Å². The zero-order valence-corrected chi connectivity index (χ0v) is 19.4. The van der Waals surface area contributed by atoms with E-state index in [0.717, 1.165) is 17.1 Å². The largest absolute Gasteiger partial charge is 0.497 e. The summed E-state index contributed by atoms with van der Waals surface area (Å²) in [5, 5.41) is 3.16. The minimum Gasteiger partial charge on any atom is -0.497 e. The van der Waals surface area contributed by atoms with Gasteiger partial charge in [0.05, 0.1) is 22.8 Å². The SMILES string of the molecule is COc1ccc(-n2c(C)ccc2/C=C2\C(=O)NC(=S)N(c3ccc(Cl)c(Cl)c3)C2=O)cc1. The summed E-state index contributed by atoms with van der Waals surface area (Å²) in [4.78, 5) is 27.2. The van der Waals surface area contributed by atoms with E-state index < -0.39 is 11.8 Å². The fraction of sp³-hybridized carbons (Fsp3) is 0.0870. The molecule has 0 spiro atoms. The van der Waals surface area contributed by atoms with E-state index in [1.165, 1.54) is 11.0 Å². The van der Waals surface area contributed by atoms with Crippen molar-refractivity contribution in [2.45, 2.75) is 6.92 Å². The van der Waals surface area contributed by atoms with Crippen molar-refractivity contribution >= 4 is 64.1 Å². The monoisotopic (exact) mass is 485 g/mol. The highest BCUT2D eigenvalue weighted by Gasteiger charge is 2.35. The molecule has 1 saturated heterocycles. The van der Waals surface area contributed by atoms with Crippen LogP contribution in [0.1, 0.15) is 11.4 Å². The quantitative estimate of drug-likeness (QED) is 0.323. The van der Waals surface area contributed by atoms with Crippen LogP contribution in [0.25, 0.3) is 11.8 Å². The smallest absolute Gasteiger partial charge is 0.270 e. The average Bonchev–Trinajstić information content (AvgIpc) is 3.13. The summed E-state index contributed by atoms with van der Waals surface area (Å²) in [6.07, 6.45) is 1.54. The zero-order chi connectivity index (χ0) is 23.0. The van der Waals surface area contributed by atoms with Gasteiger partial charge in [0.25, 0.3) is 11.8 Å². The number of nitrogens with one attached hydrogen (secondary N) is 1. The van der Waals surface area contributed by atoms with E-state index in [1.807, 2.05) is 47.9 Å². The molecule has 0 aliphatic carbocycles. The normalized spacial score (nSPS) is 15.3. The predicted octanol–water partition coefficient (Wildman–Crippen LogP) is 4.93. The number of halogens is 2. The van der Waals surface area contributed by atoms with Crippen molar-refractivity contribution < 1.29 is 14.3 Å². The average molecular weight is 486 g/mol. The third-order valence-electron chi connectivity index (χ3n) is 4.99. The zero-order valence-electron chi connectivity index (χ0n) is 17.1. The minimum absolute atomic E-state index is 0.0303. The summed E-state index contributed by atoms with van der Waals surface area (Å²) >= 11 is 17.3. The van der Waals surface area contributed by atoms with Crippen LogP contribution in [0.5, 0.6) is 5.75 Å². The number of aryl methyl sites for hydroxylation is 1. The highest BCUT2D eigenvalue weighted by atomic mass is 35.5. The van der Waals surface area contributed by atoms with Gasteiger partial charge in [-0.25, -0.2) is 0 Å². The summed E-state index contributed by atoms with van der Waals surface area (Å²) in [6, 6.07) is 15.9. The molecular formula is C23H17Cl2N3O3S. The maximum absolute atomic E-state index is 13.3. The molecule has 1 aliphatic heterocycles. The molecule has 1 aliphatic rings. The van der Waals surface area contributed by atoms with Gasteiger partial charge < -0.3 is 9.30 Å². The van der Waals surface area contributed by atoms with E-state index in [2.05, 4.69) is 5.32 Å². The number of rotatable bonds is 4. The van der Waals surface area contributed by atoms with Crippen molar-refractivity contribution in [3.8, 4) is 11.4 Å². The van der Waals surface area contributed by atoms with Gasteiger partial charge in [0.1, 0.15) is 11.3 Å². The lowest BCUT2D eigenvalue weighted by molar-refractivity contribution is -0.122. The lowest BCUT2D eigenvalue weighted by atomic mass is 10.1. The van der Waals surface area contributed by atoms with Crippen LogP contribution in [0, 0.1) is 6.92 Å². The molecule has 162 valence electrons. The molecule has 32 heavy (non-hydrogen) atoms. The molecule has 0 atom stereocenters. The first kappa shape index (κ1) is 22.1. The van der Waals surface area contributed by atoms with E-state index in [9.17, 15) is 9.59 Å². The Balaban J connectivity index is 1.76. The van der Waals surface area contributed by atoms with Crippen molar-refractivity contribution in [3.05, 3.63) is 81.6 Å². The van der Waals surface area contributed by atoms with Crippen LogP contribution in [0.2, 0.25) is 10.0 Å². The third kappa shape index (κ3) is 4.02. The number of ether oxygens (including phenoxy) is 1. The molecule has 3 aromatic rings. The number of hydrogen-bond donors (Lipinski definition) is 1. The molecule has 1 N–H and O–H groups in total. The molecule has 0 radical (unpaired) electrons. The van der Waals surface area contributed by atoms with Gasteiger partial charge >= 0.3 is 0 Å². The number of amides is 2. The Morgan fingerprint density at radius 3 is 2.31 bits per heavy atom. The summed E-state index contributed by atoms with van der Waals surface area (Å²) in [5.74, 6) is -0.403. The second kappa shape index (κ2) is 8.78. The second-order valence-corrected chi connectivity index (χ2v) is 8.19. The van der Waals surface area contributed by atoms with Gasteiger partial charge in [0.15, 0.2) is 5.11 Å². The Morgan fingerprint density at radius 1 is 0.969 bits per heavy atom. The molecule has 1 fully saturated rings. The Morgan fingerprint density at radius 2 is 1.66 bits per heavy atom. The Kier molecular flexibility index (Phi) is 6.06. The number of carbonyl (C=O) groups is 2. The van der Waals surface area contributed by atoms with Crippen molar-refractivity contribution in [2.24, 2.45) is 0 Å². The highest BCUT2D eigenvalue weighted by Crippen LogP contribution is 2.30. The topological polar surface area (TPSA) is 63.6 Å². The minimum atomic E-state index is -0.573. The molecule has 1 aromatic heterocycles. The molecule has 2 aromatic carbocycles. The number of anilines is 1. The van der Waals surface area contributed by atoms with Gasteiger partial charge in [0.2, 0.25) is 0 Å². The Bertz CT molecular complexity index is 1280. The van der Waals surface area contributed by atoms with Crippen LogP contribution < -0.4 is 15.0 Å². The molecule has 0 saturated carbocycles. The fourth-order valence-electron chi connectivity index (χ4n) is 3.42. The first-order chi connectivity index (χ1) is 15.3. The van der Waals surface area contributed by atoms with Crippen molar-refractivity contribution in [2.75, 3.05) is 12.0 Å². The number of hydrogen-bond acceptors (Lipinski definition) is 4. The predicted molar refractivity (Wildman–Crippen MR) is 130 cm³/mol. The number of thiocarbonyl (C=S) groups is 1. The van der Waals surface area contributed by atoms with Gasteiger partial charge in [-0.1, -0.05) is 23.2 Å². The molecule has 4 rings (SSSR count). The third-order valence-corrected chi connectivity index (χ3v) is 6.02. The number of methoxy groups -OCH3 is 1. The number of carbonyl (C=O) groups excluding carboxylic acids is 2. The maximum Gasteiger partial charge on any atom is 0.270 e. The molecule has 0 bridgehead atoms. The van der Waals surface area contributed by atoms with E-state index >= 15 is 0 Å². The number of aromatic nitrogens is 1. The number of nitrogens with zero attached hydrogens (tertiary/aromatic N) is 2. The molecule has 2 amide bonds. The van der Waals surface area contributed by atoms with Crippen molar-refractivity contribution in [1.29, 1.82) is 0 Å². The molecule has 6 nitrogen and oxygen atoms in total. The van der Waals surface area contributed by atoms with Crippen molar-refractivity contribution in [1.82, 2.24) is 9.88 Å². The van der Waals surface area contributed by atoms with Crippen LogP contribution in [0.3, 0.4) is 0 Å². The standard InChI is InChI=1S/C23H17Cl2N3O3S/c1-13-3-4-15(27(13)14-5-8-17(31-2)9-6-14)11-18-21(29)26-23(32)28(22(18)30)16-7-10-19(24)20(25)12-16/h3-12H,1-2H3,(H,26,29,32)/b18-11+. The second-order valence-electron chi connectivity index (χ2n) is 6.99. The molecular weight excluding hydrogens is 469 g/mol. The Labute approximate surface area is 200 Å². The van der Waals surface area contributed by atoms with Gasteiger partial charge in [-0.3, -0.25) is 19.8 Å². The van der Waals surface area contributed by atoms with E-state index in [4.69, 9.17) is 40.2 Å². The van der Waals surface area contributed by atoms with E-state index in [1.54, 1.807) is 25.3 Å². The van der Waals surface area contributed by atoms with Crippen LogP contribution in [0.4, 0.5) is 5.69 Å². The highest BCUT2D eigenvalue weighted by molar-refractivity contribution is 7.80. The van der Waals surface area contributed by atoms with Crippen molar-refractivity contribution in [3.63, 3.8) is 0 Å². The summed E-state index contributed by atoms with van der Waals surface area (Å²) in [5.41, 5.74) is 2.80. The summed E-state index contributed by atoms with van der Waals surface area (Å²) < 4.78 is 7.16. The van der Waals surface area contributed by atoms with Crippen LogP contribution >= 0.6 is 35.4 Å². The van der Waals surface area contributed by atoms with Crippen LogP contribution in [-0.4, -0.2) is 28.6 Å². The Hall–Kier alpha value is -3.13. The van der Waals surface area contributed by atoms with Gasteiger partial charge in [0, 0.05) is 17.1 Å². The van der Waals surface area contributed by atoms with E-state index in [-0.39, 0.29) is 15.7 Å². The summed E-state index contributed by atoms with van der Waals surface area (Å²) in [7, 11) is 1.60. The molecule has 9 heteroatoms. The first-order valence-electron chi connectivity index (χ1n) is 9.49. The van der Waals surface area contributed by atoms with E-state index in [0.29, 0.717) is 16.4 Å². The molecule has 0 unspecified atom stereocenters. The van der Waals surface area contributed by atoms with Crippen LogP contribution in [-0.2, 0) is 9.59 Å². The molecule has 2 heterocycles. The summed E-state index contributed by atoms with van der Waals surface area (Å²) in [6.45, 7) is 1.94. The van der Waals surface area contributed by atoms with Crippen LogP contribution in [0.15, 0.2) is 60.2 Å². The lowest BCUT2D eigenvalue weighted by Crippen LogP contribution is -2.54. The maximum atomic E-state index is 13.3. The van der Waals surface area contributed by atoms with Gasteiger partial charge in [-0.15, -0.1) is 0 Å². The lowest BCUT2D eigenvalue weighted by Gasteiger charge is -2.29. The fourth-order valence-corrected chi connectivity index (χ4v) is 3.99. The van der Waals surface area contributed by atoms with Gasteiger partial charge in [-0.2, -0.15) is 0 Å².